The van der Waals surface area contributed by atoms with Crippen LogP contribution in [0.25, 0.3) is 0 Å². The van der Waals surface area contributed by atoms with Gasteiger partial charge in [0.25, 0.3) is 0 Å². The topological polar surface area (TPSA) is 20.2 Å². The van der Waals surface area contributed by atoms with E-state index in [4.69, 9.17) is 0 Å². The summed E-state index contributed by atoms with van der Waals surface area (Å²) in [6.45, 7) is 4.09. The van der Waals surface area contributed by atoms with Gasteiger partial charge in [0.15, 0.2) is 0 Å². The molecular formula is C12H22O. The number of hydrogen-bond acceptors (Lipinski definition) is 1. The molecule has 0 bridgehead atoms. The molecule has 0 aromatic carbocycles. The summed E-state index contributed by atoms with van der Waals surface area (Å²) in [5.74, 6) is 0.777. The Labute approximate surface area is 81.9 Å². The van der Waals surface area contributed by atoms with Crippen LogP contribution in [-0.2, 0) is 0 Å². The van der Waals surface area contributed by atoms with Crippen LogP contribution in [0.2, 0.25) is 0 Å². The van der Waals surface area contributed by atoms with Gasteiger partial charge in [0.1, 0.15) is 0 Å². The smallest absolute Gasteiger partial charge is 0.0725 e. The molecule has 1 atom stereocenters. The van der Waals surface area contributed by atoms with E-state index in [1.165, 1.54) is 37.7 Å². The molecular weight excluding hydrogens is 160 g/mol. The Morgan fingerprint density at radius 1 is 1.31 bits per heavy atom. The lowest BCUT2D eigenvalue weighted by Crippen LogP contribution is -2.14. The molecule has 1 saturated carbocycles. The first-order chi connectivity index (χ1) is 6.18. The third-order valence-electron chi connectivity index (χ3n) is 2.83. The zero-order valence-electron chi connectivity index (χ0n) is 8.92. The molecule has 1 unspecified atom stereocenters. The molecule has 0 aromatic heterocycles. The highest BCUT2D eigenvalue weighted by Crippen LogP contribution is 2.27. The number of aliphatic hydroxyl groups excluding tert-OH is 1. The molecule has 13 heavy (non-hydrogen) atoms. The van der Waals surface area contributed by atoms with E-state index in [9.17, 15) is 5.11 Å². The summed E-state index contributed by atoms with van der Waals surface area (Å²) in [7, 11) is 0. The lowest BCUT2D eigenvalue weighted by Gasteiger charge is -2.22. The second kappa shape index (κ2) is 5.43. The lowest BCUT2D eigenvalue weighted by atomic mass is 9.85. The highest BCUT2D eigenvalue weighted by Gasteiger charge is 2.15. The van der Waals surface area contributed by atoms with Gasteiger partial charge in [-0.25, -0.2) is 0 Å². The normalized spacial score (nSPS) is 21.2. The van der Waals surface area contributed by atoms with Crippen LogP contribution in [0.4, 0.5) is 0 Å². The molecule has 0 heterocycles. The number of hydrogen-bond donors (Lipinski definition) is 1. The van der Waals surface area contributed by atoms with Crippen molar-refractivity contribution < 1.29 is 5.11 Å². The zero-order valence-corrected chi connectivity index (χ0v) is 8.92. The maximum Gasteiger partial charge on any atom is 0.0725 e. The van der Waals surface area contributed by atoms with E-state index in [-0.39, 0.29) is 6.10 Å². The Morgan fingerprint density at radius 3 is 2.46 bits per heavy atom. The van der Waals surface area contributed by atoms with Gasteiger partial charge in [-0.15, -0.1) is 0 Å². The molecule has 1 aliphatic carbocycles. The number of rotatable bonds is 3. The van der Waals surface area contributed by atoms with Crippen LogP contribution in [0.5, 0.6) is 0 Å². The zero-order chi connectivity index (χ0) is 9.68. The summed E-state index contributed by atoms with van der Waals surface area (Å²) in [4.78, 5) is 0. The summed E-state index contributed by atoms with van der Waals surface area (Å²) < 4.78 is 0. The fourth-order valence-electron chi connectivity index (χ4n) is 2.22. The van der Waals surface area contributed by atoms with Crippen molar-refractivity contribution >= 4 is 0 Å². The molecule has 0 amide bonds. The maximum absolute atomic E-state index is 9.70. The van der Waals surface area contributed by atoms with E-state index in [1.54, 1.807) is 0 Å². The van der Waals surface area contributed by atoms with Gasteiger partial charge in [-0.3, -0.25) is 0 Å². The molecule has 1 rings (SSSR count). The minimum Gasteiger partial charge on any atom is -0.389 e. The molecule has 0 aromatic rings. The molecule has 0 spiro atoms. The van der Waals surface area contributed by atoms with Crippen LogP contribution < -0.4 is 0 Å². The molecule has 0 radical (unpaired) electrons. The van der Waals surface area contributed by atoms with Crippen molar-refractivity contribution in [1.82, 2.24) is 0 Å². The predicted molar refractivity (Wildman–Crippen MR) is 56.6 cm³/mol. The van der Waals surface area contributed by atoms with Gasteiger partial charge in [-0.05, 0) is 26.2 Å². The van der Waals surface area contributed by atoms with Crippen LogP contribution in [0.1, 0.15) is 52.4 Å². The van der Waals surface area contributed by atoms with Crippen molar-refractivity contribution in [3.8, 4) is 0 Å². The van der Waals surface area contributed by atoms with Crippen molar-refractivity contribution in [2.24, 2.45) is 5.92 Å². The maximum atomic E-state index is 9.70. The Hall–Kier alpha value is -0.300. The van der Waals surface area contributed by atoms with E-state index in [2.05, 4.69) is 0 Å². The third-order valence-corrected chi connectivity index (χ3v) is 2.83. The first-order valence-electron chi connectivity index (χ1n) is 5.51. The average molecular weight is 182 g/mol. The first kappa shape index (κ1) is 10.8. The molecule has 0 saturated heterocycles. The molecule has 1 fully saturated rings. The van der Waals surface area contributed by atoms with Gasteiger partial charge in [0.2, 0.25) is 0 Å². The minimum atomic E-state index is -0.201. The van der Waals surface area contributed by atoms with Crippen LogP contribution in [0.15, 0.2) is 11.6 Å². The predicted octanol–water partition coefficient (Wildman–Crippen LogP) is 3.28. The van der Waals surface area contributed by atoms with E-state index >= 15 is 0 Å². The van der Waals surface area contributed by atoms with Gasteiger partial charge in [-0.2, -0.15) is 0 Å². The van der Waals surface area contributed by atoms with Crippen molar-refractivity contribution in [1.29, 1.82) is 0 Å². The Morgan fingerprint density at radius 2 is 1.92 bits per heavy atom. The van der Waals surface area contributed by atoms with Gasteiger partial charge in [0, 0.05) is 0 Å². The summed E-state index contributed by atoms with van der Waals surface area (Å²) in [6, 6.07) is 0. The number of aliphatic hydroxyl groups is 1. The standard InChI is InChI=1S/C12H22O/c1-10(2)8-12(13)9-11-6-4-3-5-7-11/h8,11-13H,3-7,9H2,1-2H3. The van der Waals surface area contributed by atoms with Crippen molar-refractivity contribution in [3.63, 3.8) is 0 Å². The molecule has 1 heteroatoms. The average Bonchev–Trinajstić information content (AvgIpc) is 2.04. The van der Waals surface area contributed by atoms with Crippen LogP contribution in [0, 0.1) is 5.92 Å². The largest absolute Gasteiger partial charge is 0.389 e. The van der Waals surface area contributed by atoms with E-state index < -0.39 is 0 Å². The summed E-state index contributed by atoms with van der Waals surface area (Å²) in [6.07, 6.45) is 9.54. The minimum absolute atomic E-state index is 0.201. The van der Waals surface area contributed by atoms with Crippen molar-refractivity contribution in [2.45, 2.75) is 58.5 Å². The molecule has 1 aliphatic rings. The highest BCUT2D eigenvalue weighted by molar-refractivity contribution is 4.98. The first-order valence-corrected chi connectivity index (χ1v) is 5.51. The quantitative estimate of drug-likeness (QED) is 0.664. The van der Waals surface area contributed by atoms with Gasteiger partial charge < -0.3 is 5.11 Å². The Balaban J connectivity index is 2.26. The van der Waals surface area contributed by atoms with Gasteiger partial charge in [0.05, 0.1) is 6.10 Å². The van der Waals surface area contributed by atoms with Gasteiger partial charge >= 0.3 is 0 Å². The SMILES string of the molecule is CC(C)=CC(O)CC1CCCCC1. The fourth-order valence-corrected chi connectivity index (χ4v) is 2.22. The Kier molecular flexibility index (Phi) is 4.51. The molecule has 1 N–H and O–H groups in total. The fraction of sp³-hybridized carbons (Fsp3) is 0.833. The second-order valence-corrected chi connectivity index (χ2v) is 4.55. The molecule has 0 aliphatic heterocycles. The van der Waals surface area contributed by atoms with Crippen LogP contribution in [0.3, 0.4) is 0 Å². The molecule has 76 valence electrons. The van der Waals surface area contributed by atoms with Crippen LogP contribution in [-0.4, -0.2) is 11.2 Å². The molecule has 1 nitrogen and oxygen atoms in total. The van der Waals surface area contributed by atoms with Gasteiger partial charge in [-0.1, -0.05) is 43.8 Å². The summed E-state index contributed by atoms with van der Waals surface area (Å²) >= 11 is 0. The van der Waals surface area contributed by atoms with Crippen LogP contribution >= 0.6 is 0 Å². The Bertz CT molecular complexity index is 162. The van der Waals surface area contributed by atoms with E-state index in [1.807, 2.05) is 19.9 Å². The monoisotopic (exact) mass is 182 g/mol. The van der Waals surface area contributed by atoms with E-state index in [0.717, 1.165) is 12.3 Å². The van der Waals surface area contributed by atoms with Crippen molar-refractivity contribution in [2.75, 3.05) is 0 Å². The van der Waals surface area contributed by atoms with E-state index in [0.29, 0.717) is 0 Å². The van der Waals surface area contributed by atoms with Crippen molar-refractivity contribution in [3.05, 3.63) is 11.6 Å². The summed E-state index contributed by atoms with van der Waals surface area (Å²) in [5, 5.41) is 9.70. The summed E-state index contributed by atoms with van der Waals surface area (Å²) in [5.41, 5.74) is 1.23. The third kappa shape index (κ3) is 4.47. The number of allylic oxidation sites excluding steroid dienone is 1. The second-order valence-electron chi connectivity index (χ2n) is 4.55. The lowest BCUT2D eigenvalue weighted by molar-refractivity contribution is 0.169. The highest BCUT2D eigenvalue weighted by atomic mass is 16.3.